The van der Waals surface area contributed by atoms with Crippen molar-refractivity contribution in [1.82, 2.24) is 10.9 Å². The Bertz CT molecular complexity index is 480. The number of rotatable bonds is 5. The molecule has 0 heterocycles. The summed E-state index contributed by atoms with van der Waals surface area (Å²) in [6.45, 7) is 1.93. The van der Waals surface area contributed by atoms with Gasteiger partial charge < -0.3 is 14.8 Å². The highest BCUT2D eigenvalue weighted by atomic mass is 32.1. The van der Waals surface area contributed by atoms with Crippen molar-refractivity contribution in [2.75, 3.05) is 19.5 Å². The summed E-state index contributed by atoms with van der Waals surface area (Å²) in [4.78, 5) is 11.3. The minimum atomic E-state index is -0.113. The molecular formula is C13H19N3O3S. The molecule has 1 aromatic carbocycles. The molecule has 1 rings (SSSR count). The van der Waals surface area contributed by atoms with Crippen LogP contribution in [0.4, 0.5) is 5.69 Å². The first-order valence-corrected chi connectivity index (χ1v) is 6.59. The summed E-state index contributed by atoms with van der Waals surface area (Å²) in [6, 6.07) is 5.29. The molecule has 0 aliphatic heterocycles. The highest BCUT2D eigenvalue weighted by molar-refractivity contribution is 7.80. The third-order valence-corrected chi connectivity index (χ3v) is 2.65. The van der Waals surface area contributed by atoms with Crippen molar-refractivity contribution in [3.63, 3.8) is 0 Å². The normalized spacial score (nSPS) is 9.55. The van der Waals surface area contributed by atoms with Crippen LogP contribution >= 0.6 is 12.2 Å². The summed E-state index contributed by atoms with van der Waals surface area (Å²) in [5, 5.41) is 3.21. The molecule has 0 aromatic heterocycles. The molecule has 3 N–H and O–H groups in total. The number of hydrogen-bond acceptors (Lipinski definition) is 4. The number of ether oxygens (including phenoxy) is 2. The van der Waals surface area contributed by atoms with Crippen LogP contribution < -0.4 is 25.6 Å². The molecule has 1 aromatic rings. The third kappa shape index (κ3) is 4.93. The Balaban J connectivity index is 2.59. The zero-order valence-electron chi connectivity index (χ0n) is 11.8. The van der Waals surface area contributed by atoms with Crippen molar-refractivity contribution in [2.45, 2.75) is 19.8 Å². The van der Waals surface area contributed by atoms with Gasteiger partial charge in [-0.15, -0.1) is 0 Å². The lowest BCUT2D eigenvalue weighted by molar-refractivity contribution is -0.121. The third-order valence-electron chi connectivity index (χ3n) is 2.45. The van der Waals surface area contributed by atoms with E-state index < -0.39 is 0 Å². The van der Waals surface area contributed by atoms with Gasteiger partial charge in [-0.3, -0.25) is 15.6 Å². The van der Waals surface area contributed by atoms with E-state index in [1.54, 1.807) is 32.4 Å². The van der Waals surface area contributed by atoms with Crippen LogP contribution in [0, 0.1) is 0 Å². The molecule has 0 bridgehead atoms. The van der Waals surface area contributed by atoms with Crippen LogP contribution in [0.25, 0.3) is 0 Å². The number of carbonyl (C=O) groups excluding carboxylic acids is 1. The Kier molecular flexibility index (Phi) is 6.58. The summed E-state index contributed by atoms with van der Waals surface area (Å²) in [5.74, 6) is 1.16. The number of amides is 1. The highest BCUT2D eigenvalue weighted by Gasteiger charge is 2.07. The molecule has 1 amide bonds. The fourth-order valence-electron chi connectivity index (χ4n) is 1.47. The van der Waals surface area contributed by atoms with Crippen LogP contribution in [0.3, 0.4) is 0 Å². The Hall–Kier alpha value is -2.02. The molecular weight excluding hydrogens is 278 g/mol. The number of benzene rings is 1. The lowest BCUT2D eigenvalue weighted by Crippen LogP contribution is -2.43. The van der Waals surface area contributed by atoms with E-state index in [0.29, 0.717) is 23.6 Å². The molecule has 110 valence electrons. The van der Waals surface area contributed by atoms with Gasteiger partial charge in [-0.2, -0.15) is 0 Å². The van der Waals surface area contributed by atoms with Crippen molar-refractivity contribution < 1.29 is 14.3 Å². The molecule has 7 heteroatoms. The van der Waals surface area contributed by atoms with Gasteiger partial charge in [0, 0.05) is 12.5 Å². The molecule has 0 radical (unpaired) electrons. The predicted molar refractivity (Wildman–Crippen MR) is 82.0 cm³/mol. The Labute approximate surface area is 123 Å². The van der Waals surface area contributed by atoms with E-state index in [1.807, 2.05) is 6.92 Å². The first kappa shape index (κ1) is 16.0. The van der Waals surface area contributed by atoms with E-state index in [-0.39, 0.29) is 11.0 Å². The van der Waals surface area contributed by atoms with Crippen LogP contribution in [-0.4, -0.2) is 25.2 Å². The number of thiocarbonyl (C=S) groups is 1. The number of nitrogens with one attached hydrogen (secondary N) is 3. The number of methoxy groups -OCH3 is 2. The topological polar surface area (TPSA) is 71.6 Å². The fourth-order valence-corrected chi connectivity index (χ4v) is 1.63. The first-order valence-electron chi connectivity index (χ1n) is 6.18. The molecule has 6 nitrogen and oxygen atoms in total. The van der Waals surface area contributed by atoms with Crippen LogP contribution in [0.1, 0.15) is 19.8 Å². The van der Waals surface area contributed by atoms with E-state index in [1.165, 1.54) is 0 Å². The molecule has 0 fully saturated rings. The maximum absolute atomic E-state index is 11.3. The molecule has 0 atom stereocenters. The van der Waals surface area contributed by atoms with E-state index >= 15 is 0 Å². The minimum Gasteiger partial charge on any atom is -0.497 e. The largest absolute Gasteiger partial charge is 0.497 e. The quantitative estimate of drug-likeness (QED) is 0.569. The van der Waals surface area contributed by atoms with E-state index in [0.717, 1.165) is 6.42 Å². The van der Waals surface area contributed by atoms with Crippen molar-refractivity contribution in [2.24, 2.45) is 0 Å². The summed E-state index contributed by atoms with van der Waals surface area (Å²) < 4.78 is 10.3. The maximum atomic E-state index is 11.3. The average molecular weight is 297 g/mol. The summed E-state index contributed by atoms with van der Waals surface area (Å²) in [7, 11) is 3.14. The van der Waals surface area contributed by atoms with Crippen molar-refractivity contribution in [3.05, 3.63) is 18.2 Å². The van der Waals surface area contributed by atoms with Gasteiger partial charge in [0.05, 0.1) is 19.9 Å². The molecule has 0 aliphatic carbocycles. The Morgan fingerprint density at radius 2 is 2.00 bits per heavy atom. The van der Waals surface area contributed by atoms with E-state index in [2.05, 4.69) is 16.2 Å². The molecule has 0 saturated carbocycles. The smallest absolute Gasteiger partial charge is 0.238 e. The molecule has 20 heavy (non-hydrogen) atoms. The zero-order chi connectivity index (χ0) is 15.0. The second-order valence-corrected chi connectivity index (χ2v) is 4.35. The van der Waals surface area contributed by atoms with E-state index in [4.69, 9.17) is 21.7 Å². The number of hydrogen-bond donors (Lipinski definition) is 3. The highest BCUT2D eigenvalue weighted by Crippen LogP contribution is 2.28. The van der Waals surface area contributed by atoms with Crippen molar-refractivity contribution in [1.29, 1.82) is 0 Å². The predicted octanol–water partition coefficient (Wildman–Crippen LogP) is 1.82. The standard InChI is InChI=1S/C13H19N3O3S/c1-4-5-12(17)15-16-13(20)14-10-7-6-9(18-2)8-11(10)19-3/h6-8H,4-5H2,1-3H3,(H,15,17)(H2,14,16,20). The summed E-state index contributed by atoms with van der Waals surface area (Å²) >= 11 is 5.08. The maximum Gasteiger partial charge on any atom is 0.238 e. The number of hydrazine groups is 1. The second-order valence-electron chi connectivity index (χ2n) is 3.94. The van der Waals surface area contributed by atoms with Crippen LogP contribution in [-0.2, 0) is 4.79 Å². The number of anilines is 1. The van der Waals surface area contributed by atoms with Gasteiger partial charge in [-0.1, -0.05) is 6.92 Å². The molecule has 0 saturated heterocycles. The molecule has 0 unspecified atom stereocenters. The monoisotopic (exact) mass is 297 g/mol. The Morgan fingerprint density at radius 3 is 2.60 bits per heavy atom. The van der Waals surface area contributed by atoms with Crippen molar-refractivity contribution >= 4 is 28.9 Å². The summed E-state index contributed by atoms with van der Waals surface area (Å²) in [5.41, 5.74) is 5.81. The first-order chi connectivity index (χ1) is 9.60. The van der Waals surface area contributed by atoms with Gasteiger partial charge in [-0.25, -0.2) is 0 Å². The minimum absolute atomic E-state index is 0.113. The van der Waals surface area contributed by atoms with E-state index in [9.17, 15) is 4.79 Å². The average Bonchev–Trinajstić information content (AvgIpc) is 2.46. The fraction of sp³-hybridized carbons (Fsp3) is 0.385. The van der Waals surface area contributed by atoms with Crippen molar-refractivity contribution in [3.8, 4) is 11.5 Å². The number of carbonyl (C=O) groups is 1. The van der Waals surface area contributed by atoms with Gasteiger partial charge in [0.15, 0.2) is 5.11 Å². The van der Waals surface area contributed by atoms with Crippen LogP contribution in [0.2, 0.25) is 0 Å². The van der Waals surface area contributed by atoms with Gasteiger partial charge >= 0.3 is 0 Å². The SMILES string of the molecule is CCCC(=O)NNC(=S)Nc1ccc(OC)cc1OC. The molecule has 0 spiro atoms. The second kappa shape index (κ2) is 8.21. The van der Waals surface area contributed by atoms with Crippen LogP contribution in [0.5, 0.6) is 11.5 Å². The lowest BCUT2D eigenvalue weighted by atomic mass is 10.2. The molecule has 0 aliphatic rings. The van der Waals surface area contributed by atoms with Gasteiger partial charge in [0.25, 0.3) is 0 Å². The Morgan fingerprint density at radius 1 is 1.25 bits per heavy atom. The van der Waals surface area contributed by atoms with Crippen LogP contribution in [0.15, 0.2) is 18.2 Å². The zero-order valence-corrected chi connectivity index (χ0v) is 12.6. The lowest BCUT2D eigenvalue weighted by Gasteiger charge is -2.14. The van der Waals surface area contributed by atoms with Gasteiger partial charge in [-0.05, 0) is 30.8 Å². The van der Waals surface area contributed by atoms with Gasteiger partial charge in [0.1, 0.15) is 11.5 Å². The van der Waals surface area contributed by atoms with Gasteiger partial charge in [0.2, 0.25) is 5.91 Å². The summed E-state index contributed by atoms with van der Waals surface area (Å²) in [6.07, 6.45) is 1.22.